The molecule has 0 spiro atoms. The lowest BCUT2D eigenvalue weighted by atomic mass is 9.90. The number of halogens is 1. The van der Waals surface area contributed by atoms with Crippen molar-refractivity contribution in [3.05, 3.63) is 101 Å². The lowest BCUT2D eigenvalue weighted by Crippen LogP contribution is -2.53. The molecule has 4 unspecified atom stereocenters. The topological polar surface area (TPSA) is 40.5 Å². The number of hydrazone groups is 1. The normalized spacial score (nSPS) is 25.7. The molecule has 0 radical (unpaired) electrons. The quantitative estimate of drug-likeness (QED) is 0.540. The van der Waals surface area contributed by atoms with E-state index in [9.17, 15) is 0 Å². The second-order valence-electron chi connectivity index (χ2n) is 8.16. The molecule has 4 nitrogen and oxygen atoms in total. The van der Waals surface area contributed by atoms with Gasteiger partial charge in [-0.1, -0.05) is 76.1 Å². The van der Waals surface area contributed by atoms with Crippen molar-refractivity contribution < 1.29 is 0 Å². The summed E-state index contributed by atoms with van der Waals surface area (Å²) in [5.41, 5.74) is 7.26. The van der Waals surface area contributed by atoms with Crippen LogP contribution in [0.15, 0.2) is 78.0 Å². The van der Waals surface area contributed by atoms with Crippen LogP contribution in [0.2, 0.25) is 0 Å². The molecule has 2 aliphatic heterocycles. The Bertz CT molecular complexity index is 1070. The SMILES string of the molecule is Cc1ccc(C2CC(c3ccccn3)NC3C(Br)C(c4ccccc4)=NN23)c(C)c1. The number of aryl methyl sites for hydroxylation is 2. The van der Waals surface area contributed by atoms with E-state index in [4.69, 9.17) is 5.10 Å². The zero-order valence-corrected chi connectivity index (χ0v) is 18.8. The molecule has 152 valence electrons. The smallest absolute Gasteiger partial charge is 0.116 e. The summed E-state index contributed by atoms with van der Waals surface area (Å²) in [5, 5.41) is 11.2. The molecule has 0 amide bonds. The molecule has 5 rings (SSSR count). The molecule has 1 saturated heterocycles. The first-order valence-corrected chi connectivity index (χ1v) is 11.3. The lowest BCUT2D eigenvalue weighted by molar-refractivity contribution is 0.0665. The van der Waals surface area contributed by atoms with Gasteiger partial charge in [0, 0.05) is 6.20 Å². The number of alkyl halides is 1. The average Bonchev–Trinajstić information content (AvgIpc) is 3.11. The second-order valence-corrected chi connectivity index (χ2v) is 9.15. The Hall–Kier alpha value is -2.50. The van der Waals surface area contributed by atoms with E-state index < -0.39 is 0 Å². The molecule has 0 bridgehead atoms. The molecule has 4 atom stereocenters. The largest absolute Gasteiger partial charge is 0.286 e. The highest BCUT2D eigenvalue weighted by Crippen LogP contribution is 2.43. The standard InChI is InChI=1S/C25H25BrN4/c1-16-11-12-19(17(2)14-16)22-15-21(20-10-6-7-13-27-20)28-25-23(26)24(29-30(22)25)18-8-4-3-5-9-18/h3-14,21-23,25,28H,15H2,1-2H3. The molecular weight excluding hydrogens is 436 g/mol. The number of nitrogens with one attached hydrogen (secondary N) is 1. The van der Waals surface area contributed by atoms with Crippen LogP contribution in [0.3, 0.4) is 0 Å². The third kappa shape index (κ3) is 3.46. The van der Waals surface area contributed by atoms with Crippen molar-refractivity contribution in [2.24, 2.45) is 5.10 Å². The number of hydrogen-bond acceptors (Lipinski definition) is 4. The minimum Gasteiger partial charge on any atom is -0.286 e. The van der Waals surface area contributed by atoms with Crippen LogP contribution in [0.25, 0.3) is 0 Å². The third-order valence-electron chi connectivity index (χ3n) is 6.10. The highest BCUT2D eigenvalue weighted by atomic mass is 79.9. The molecule has 5 heteroatoms. The first kappa shape index (κ1) is 19.5. The summed E-state index contributed by atoms with van der Waals surface area (Å²) in [6.45, 7) is 4.35. The molecule has 3 heterocycles. The molecule has 30 heavy (non-hydrogen) atoms. The highest BCUT2D eigenvalue weighted by molar-refractivity contribution is 9.10. The Morgan fingerprint density at radius 1 is 1.00 bits per heavy atom. The Morgan fingerprint density at radius 2 is 1.80 bits per heavy atom. The van der Waals surface area contributed by atoms with Gasteiger partial charge < -0.3 is 0 Å². The summed E-state index contributed by atoms with van der Waals surface area (Å²) in [6.07, 6.45) is 2.86. The van der Waals surface area contributed by atoms with E-state index in [0.717, 1.165) is 23.4 Å². The summed E-state index contributed by atoms with van der Waals surface area (Å²) < 4.78 is 0. The Balaban J connectivity index is 1.57. The van der Waals surface area contributed by atoms with Crippen LogP contribution < -0.4 is 5.32 Å². The fraction of sp³-hybridized carbons (Fsp3) is 0.280. The van der Waals surface area contributed by atoms with Crippen molar-refractivity contribution >= 4 is 21.6 Å². The number of rotatable bonds is 3. The molecular formula is C25H25BrN4. The van der Waals surface area contributed by atoms with Gasteiger partial charge in [0.05, 0.1) is 28.3 Å². The van der Waals surface area contributed by atoms with Gasteiger partial charge in [-0.05, 0) is 49.1 Å². The second kappa shape index (κ2) is 7.97. The summed E-state index contributed by atoms with van der Waals surface area (Å²) in [5.74, 6) is 0. The monoisotopic (exact) mass is 460 g/mol. The molecule has 0 saturated carbocycles. The zero-order chi connectivity index (χ0) is 20.7. The molecule has 2 aromatic carbocycles. The predicted molar refractivity (Wildman–Crippen MR) is 125 cm³/mol. The molecule has 2 aliphatic rings. The average molecular weight is 461 g/mol. The van der Waals surface area contributed by atoms with E-state index in [1.54, 1.807) is 0 Å². The first-order valence-electron chi connectivity index (χ1n) is 10.4. The van der Waals surface area contributed by atoms with Crippen LogP contribution >= 0.6 is 15.9 Å². The van der Waals surface area contributed by atoms with Gasteiger partial charge in [-0.15, -0.1) is 0 Å². The van der Waals surface area contributed by atoms with Crippen LogP contribution in [-0.4, -0.2) is 26.7 Å². The molecule has 1 fully saturated rings. The molecule has 1 aromatic heterocycles. The zero-order valence-electron chi connectivity index (χ0n) is 17.2. The number of benzene rings is 2. The maximum atomic E-state index is 5.13. The lowest BCUT2D eigenvalue weighted by Gasteiger charge is -2.43. The van der Waals surface area contributed by atoms with E-state index in [1.807, 2.05) is 18.3 Å². The van der Waals surface area contributed by atoms with Gasteiger partial charge >= 0.3 is 0 Å². The fourth-order valence-electron chi connectivity index (χ4n) is 4.64. The number of hydrogen-bond donors (Lipinski definition) is 1. The number of pyridine rings is 1. The maximum Gasteiger partial charge on any atom is 0.116 e. The highest BCUT2D eigenvalue weighted by Gasteiger charge is 2.45. The fourth-order valence-corrected chi connectivity index (χ4v) is 5.39. The van der Waals surface area contributed by atoms with Gasteiger partial charge in [-0.2, -0.15) is 5.10 Å². The van der Waals surface area contributed by atoms with Crippen LogP contribution in [0, 0.1) is 13.8 Å². The van der Waals surface area contributed by atoms with Gasteiger partial charge in [0.1, 0.15) is 6.17 Å². The van der Waals surface area contributed by atoms with E-state index in [-0.39, 0.29) is 23.1 Å². The van der Waals surface area contributed by atoms with Crippen LogP contribution in [0.4, 0.5) is 0 Å². The molecule has 3 aromatic rings. The van der Waals surface area contributed by atoms with Crippen molar-refractivity contribution in [2.75, 3.05) is 0 Å². The van der Waals surface area contributed by atoms with E-state index in [2.05, 4.69) is 99.7 Å². The molecule has 1 N–H and O–H groups in total. The van der Waals surface area contributed by atoms with Crippen molar-refractivity contribution in [3.8, 4) is 0 Å². The number of nitrogens with zero attached hydrogens (tertiary/aromatic N) is 3. The Labute approximate surface area is 186 Å². The van der Waals surface area contributed by atoms with Gasteiger partial charge in [0.25, 0.3) is 0 Å². The van der Waals surface area contributed by atoms with Crippen LogP contribution in [0.1, 0.15) is 46.5 Å². The Morgan fingerprint density at radius 3 is 2.53 bits per heavy atom. The maximum absolute atomic E-state index is 5.13. The van der Waals surface area contributed by atoms with Crippen molar-refractivity contribution in [1.82, 2.24) is 15.3 Å². The summed E-state index contributed by atoms with van der Waals surface area (Å²) in [7, 11) is 0. The number of aromatic nitrogens is 1. The molecule has 0 aliphatic carbocycles. The van der Waals surface area contributed by atoms with E-state index >= 15 is 0 Å². The Kier molecular flexibility index (Phi) is 5.17. The summed E-state index contributed by atoms with van der Waals surface area (Å²) in [6, 6.07) is 23.7. The van der Waals surface area contributed by atoms with Crippen molar-refractivity contribution in [3.63, 3.8) is 0 Å². The minimum atomic E-state index is 0.0617. The van der Waals surface area contributed by atoms with E-state index in [1.165, 1.54) is 16.7 Å². The first-order chi connectivity index (χ1) is 14.6. The van der Waals surface area contributed by atoms with Crippen LogP contribution in [-0.2, 0) is 0 Å². The van der Waals surface area contributed by atoms with Crippen LogP contribution in [0.5, 0.6) is 0 Å². The van der Waals surface area contributed by atoms with Crippen molar-refractivity contribution in [1.29, 1.82) is 0 Å². The summed E-state index contributed by atoms with van der Waals surface area (Å²) in [4.78, 5) is 4.75. The van der Waals surface area contributed by atoms with Gasteiger partial charge in [0.15, 0.2) is 0 Å². The van der Waals surface area contributed by atoms with Gasteiger partial charge in [0.2, 0.25) is 0 Å². The number of fused-ring (bicyclic) bond motifs is 1. The van der Waals surface area contributed by atoms with E-state index in [0.29, 0.717) is 0 Å². The van der Waals surface area contributed by atoms with Gasteiger partial charge in [-0.3, -0.25) is 15.3 Å². The van der Waals surface area contributed by atoms with Crippen molar-refractivity contribution in [2.45, 2.75) is 43.3 Å². The minimum absolute atomic E-state index is 0.0617. The predicted octanol–water partition coefficient (Wildman–Crippen LogP) is 5.28. The third-order valence-corrected chi connectivity index (χ3v) is 7.03. The summed E-state index contributed by atoms with van der Waals surface area (Å²) >= 11 is 3.96. The van der Waals surface area contributed by atoms with Gasteiger partial charge in [-0.25, -0.2) is 0 Å².